The number of hydrogen-bond acceptors (Lipinski definition) is 4. The molecular formula is C24H22N2O4. The Morgan fingerprint density at radius 3 is 2.60 bits per heavy atom. The minimum absolute atomic E-state index is 0.142. The topological polar surface area (TPSA) is 84.1 Å². The highest BCUT2D eigenvalue weighted by Crippen LogP contribution is 2.31. The van der Waals surface area contributed by atoms with Crippen molar-refractivity contribution in [3.8, 4) is 17.0 Å². The Labute approximate surface area is 174 Å². The third kappa shape index (κ3) is 3.53. The zero-order valence-corrected chi connectivity index (χ0v) is 16.7. The third-order valence-corrected chi connectivity index (χ3v) is 5.08. The maximum absolute atomic E-state index is 11.9. The lowest BCUT2D eigenvalue weighted by Gasteiger charge is -2.18. The number of ether oxygens (including phenoxy) is 1. The molecule has 0 aliphatic carbocycles. The molecule has 1 atom stereocenters. The molecule has 2 aromatic heterocycles. The van der Waals surface area contributed by atoms with E-state index >= 15 is 0 Å². The number of aromatic carboxylic acids is 1. The molecule has 0 aliphatic rings. The van der Waals surface area contributed by atoms with E-state index in [0.29, 0.717) is 35.0 Å². The molecule has 0 saturated heterocycles. The van der Waals surface area contributed by atoms with Gasteiger partial charge in [0, 0.05) is 0 Å². The summed E-state index contributed by atoms with van der Waals surface area (Å²) in [5, 5.41) is 21.0. The van der Waals surface area contributed by atoms with Crippen molar-refractivity contribution in [2.75, 3.05) is 6.61 Å². The van der Waals surface area contributed by atoms with E-state index in [2.05, 4.69) is 4.98 Å². The predicted molar refractivity (Wildman–Crippen MR) is 114 cm³/mol. The number of hydrogen-bond donors (Lipinski definition) is 2. The number of aromatic nitrogens is 2. The van der Waals surface area contributed by atoms with Crippen LogP contribution in [0.15, 0.2) is 66.9 Å². The monoisotopic (exact) mass is 402 g/mol. The van der Waals surface area contributed by atoms with Crippen LogP contribution < -0.4 is 4.74 Å². The summed E-state index contributed by atoms with van der Waals surface area (Å²) < 4.78 is 7.28. The average molecular weight is 402 g/mol. The largest absolute Gasteiger partial charge is 0.478 e. The molecule has 1 unspecified atom stereocenters. The summed E-state index contributed by atoms with van der Waals surface area (Å²) in [5.41, 5.74) is 4.18. The summed E-state index contributed by atoms with van der Waals surface area (Å²) in [7, 11) is 0. The van der Waals surface area contributed by atoms with E-state index in [9.17, 15) is 15.0 Å². The van der Waals surface area contributed by atoms with Crippen LogP contribution in [-0.2, 0) is 0 Å². The second-order valence-electron chi connectivity index (χ2n) is 7.02. The van der Waals surface area contributed by atoms with Gasteiger partial charge in [-0.2, -0.15) is 4.98 Å². The molecule has 30 heavy (non-hydrogen) atoms. The van der Waals surface area contributed by atoms with Crippen molar-refractivity contribution in [3.63, 3.8) is 0 Å². The number of aliphatic hydroxyl groups excluding tert-OH is 1. The molecule has 6 heteroatoms. The summed E-state index contributed by atoms with van der Waals surface area (Å²) >= 11 is 0. The summed E-state index contributed by atoms with van der Waals surface area (Å²) in [6.45, 7) is 4.27. The number of nitrogens with zero attached hydrogens (tertiary/aromatic N) is 2. The molecule has 0 radical (unpaired) electrons. The highest BCUT2D eigenvalue weighted by molar-refractivity contribution is 5.96. The molecule has 2 N–H and O–H groups in total. The van der Waals surface area contributed by atoms with Gasteiger partial charge in [0.2, 0.25) is 5.88 Å². The lowest BCUT2D eigenvalue weighted by Crippen LogP contribution is -2.10. The van der Waals surface area contributed by atoms with E-state index in [1.165, 1.54) is 6.07 Å². The molecule has 0 saturated carbocycles. The SMILES string of the molecule is CCOc1cn2c(C(O)c3ccc(-c4ccccc4)c(C(=O)O)c3)c(C)ccc2n1. The van der Waals surface area contributed by atoms with Crippen molar-refractivity contribution < 1.29 is 19.7 Å². The number of rotatable bonds is 6. The molecule has 0 bridgehead atoms. The van der Waals surface area contributed by atoms with Crippen LogP contribution in [-0.4, -0.2) is 32.2 Å². The Bertz CT molecular complexity index is 1210. The van der Waals surface area contributed by atoms with E-state index < -0.39 is 12.1 Å². The molecule has 0 fully saturated rings. The minimum atomic E-state index is -1.04. The molecule has 2 aromatic carbocycles. The van der Waals surface area contributed by atoms with Gasteiger partial charge in [0.05, 0.1) is 24.1 Å². The molecule has 0 spiro atoms. The number of imidazole rings is 1. The fourth-order valence-electron chi connectivity index (χ4n) is 3.66. The van der Waals surface area contributed by atoms with Gasteiger partial charge >= 0.3 is 5.97 Å². The summed E-state index contributed by atoms with van der Waals surface area (Å²) in [6.07, 6.45) is 0.709. The number of pyridine rings is 1. The van der Waals surface area contributed by atoms with Gasteiger partial charge in [-0.05, 0) is 48.2 Å². The second kappa shape index (κ2) is 8.00. The van der Waals surface area contributed by atoms with Gasteiger partial charge < -0.3 is 14.9 Å². The fraction of sp³-hybridized carbons (Fsp3) is 0.167. The summed E-state index contributed by atoms with van der Waals surface area (Å²) in [6, 6.07) is 18.1. The summed E-state index contributed by atoms with van der Waals surface area (Å²) in [5.74, 6) is -0.568. The number of carboxylic acid groups (broad SMARTS) is 1. The Morgan fingerprint density at radius 2 is 1.90 bits per heavy atom. The van der Waals surface area contributed by atoms with E-state index in [1.807, 2.05) is 56.3 Å². The van der Waals surface area contributed by atoms with Gasteiger partial charge in [-0.1, -0.05) is 48.5 Å². The van der Waals surface area contributed by atoms with Crippen molar-refractivity contribution in [2.45, 2.75) is 20.0 Å². The molecule has 2 heterocycles. The third-order valence-electron chi connectivity index (χ3n) is 5.08. The lowest BCUT2D eigenvalue weighted by atomic mass is 9.94. The number of carbonyl (C=O) groups is 1. The average Bonchev–Trinajstić information content (AvgIpc) is 3.16. The standard InChI is InChI=1S/C24H22N2O4/c1-3-30-21-14-26-20(25-21)12-9-15(2)22(26)23(27)17-10-11-18(19(13-17)24(28)29)16-7-5-4-6-8-16/h4-14,23,27H,3H2,1-2H3,(H,28,29). The first-order chi connectivity index (χ1) is 14.5. The first-order valence-electron chi connectivity index (χ1n) is 9.71. The molecule has 4 aromatic rings. The number of carboxylic acids is 1. The fourth-order valence-corrected chi connectivity index (χ4v) is 3.66. The highest BCUT2D eigenvalue weighted by Gasteiger charge is 2.21. The van der Waals surface area contributed by atoms with Gasteiger partial charge in [-0.3, -0.25) is 4.40 Å². The van der Waals surface area contributed by atoms with Gasteiger partial charge in [0.1, 0.15) is 11.8 Å². The van der Waals surface area contributed by atoms with Crippen LogP contribution in [0.1, 0.15) is 40.2 Å². The van der Waals surface area contributed by atoms with Gasteiger partial charge in [-0.25, -0.2) is 4.79 Å². The van der Waals surface area contributed by atoms with E-state index in [-0.39, 0.29) is 5.56 Å². The zero-order chi connectivity index (χ0) is 21.3. The Morgan fingerprint density at radius 1 is 1.13 bits per heavy atom. The van der Waals surface area contributed by atoms with Crippen LogP contribution in [0.2, 0.25) is 0 Å². The maximum Gasteiger partial charge on any atom is 0.336 e. The number of fused-ring (bicyclic) bond motifs is 1. The zero-order valence-electron chi connectivity index (χ0n) is 16.7. The van der Waals surface area contributed by atoms with Crippen LogP contribution >= 0.6 is 0 Å². The normalized spacial score (nSPS) is 12.1. The first kappa shape index (κ1) is 19.7. The Kier molecular flexibility index (Phi) is 5.25. The van der Waals surface area contributed by atoms with Gasteiger partial charge in [-0.15, -0.1) is 0 Å². The van der Waals surface area contributed by atoms with Crippen molar-refractivity contribution in [3.05, 3.63) is 89.2 Å². The molecule has 6 nitrogen and oxygen atoms in total. The number of aryl methyl sites for hydroxylation is 1. The van der Waals surface area contributed by atoms with Gasteiger partial charge in [0.25, 0.3) is 0 Å². The van der Waals surface area contributed by atoms with Crippen molar-refractivity contribution >= 4 is 11.6 Å². The smallest absolute Gasteiger partial charge is 0.336 e. The Hall–Kier alpha value is -3.64. The molecule has 0 amide bonds. The van der Waals surface area contributed by atoms with Crippen LogP contribution in [0.5, 0.6) is 5.88 Å². The molecule has 0 aliphatic heterocycles. The maximum atomic E-state index is 11.9. The second-order valence-corrected chi connectivity index (χ2v) is 7.02. The predicted octanol–water partition coefficient (Wildman–Crippen LogP) is 4.49. The van der Waals surface area contributed by atoms with E-state index in [1.54, 1.807) is 22.7 Å². The molecule has 4 rings (SSSR count). The lowest BCUT2D eigenvalue weighted by molar-refractivity contribution is 0.0697. The first-order valence-corrected chi connectivity index (χ1v) is 9.71. The van der Waals surface area contributed by atoms with Gasteiger partial charge in [0.15, 0.2) is 0 Å². The van der Waals surface area contributed by atoms with Crippen LogP contribution in [0.3, 0.4) is 0 Å². The molecular weight excluding hydrogens is 380 g/mol. The van der Waals surface area contributed by atoms with Crippen molar-refractivity contribution in [1.29, 1.82) is 0 Å². The molecule has 152 valence electrons. The van der Waals surface area contributed by atoms with E-state index in [4.69, 9.17) is 4.74 Å². The summed E-state index contributed by atoms with van der Waals surface area (Å²) in [4.78, 5) is 16.4. The van der Waals surface area contributed by atoms with Crippen molar-refractivity contribution in [1.82, 2.24) is 9.38 Å². The van der Waals surface area contributed by atoms with E-state index in [0.717, 1.165) is 11.1 Å². The van der Waals surface area contributed by atoms with Crippen molar-refractivity contribution in [2.24, 2.45) is 0 Å². The van der Waals surface area contributed by atoms with Crippen LogP contribution in [0.4, 0.5) is 0 Å². The number of aliphatic hydroxyl groups is 1. The van der Waals surface area contributed by atoms with Crippen LogP contribution in [0, 0.1) is 6.92 Å². The highest BCUT2D eigenvalue weighted by atomic mass is 16.5. The minimum Gasteiger partial charge on any atom is -0.478 e. The Balaban J connectivity index is 1.82. The quantitative estimate of drug-likeness (QED) is 0.496. The number of benzene rings is 2. The van der Waals surface area contributed by atoms with Crippen LogP contribution in [0.25, 0.3) is 16.8 Å².